The molecule has 25 heavy (non-hydrogen) atoms. The average molecular weight is 353 g/mol. The number of aliphatic hydroxyl groups excluding tert-OH is 3. The number of H-pyrrole nitrogens is 1. The summed E-state index contributed by atoms with van der Waals surface area (Å²) < 4.78 is 7.76. The molecular formula is C14H19N5O6. The van der Waals surface area contributed by atoms with Crippen LogP contribution in [-0.2, 0) is 17.7 Å². The zero-order valence-electron chi connectivity index (χ0n) is 13.4. The van der Waals surface area contributed by atoms with E-state index in [-0.39, 0.29) is 12.1 Å². The number of aromatic amines is 1. The van der Waals surface area contributed by atoms with E-state index in [1.807, 2.05) is 6.92 Å². The maximum absolute atomic E-state index is 12.1. The molecule has 2 aromatic rings. The SMILES string of the molecule is CCc1cn(Cc2cn([C@@H]3O[C@H](CO)C(O)[C@@H]3O)c(=O)[nH]c2=O)nn1. The number of hydrogen-bond acceptors (Lipinski definition) is 8. The van der Waals surface area contributed by atoms with Crippen LogP contribution in [0.4, 0.5) is 0 Å². The molecule has 0 radical (unpaired) electrons. The number of hydrogen-bond donors (Lipinski definition) is 4. The molecule has 1 saturated heterocycles. The molecule has 1 unspecified atom stereocenters. The van der Waals surface area contributed by atoms with Crippen LogP contribution in [-0.4, -0.2) is 64.8 Å². The highest BCUT2D eigenvalue weighted by atomic mass is 16.6. The first-order valence-electron chi connectivity index (χ1n) is 7.80. The Labute approximate surface area is 141 Å². The number of ether oxygens (including phenoxy) is 1. The van der Waals surface area contributed by atoms with E-state index in [0.717, 1.165) is 10.3 Å². The molecule has 0 bridgehead atoms. The van der Waals surface area contributed by atoms with Gasteiger partial charge in [0.1, 0.15) is 18.3 Å². The summed E-state index contributed by atoms with van der Waals surface area (Å²) in [7, 11) is 0. The van der Waals surface area contributed by atoms with Gasteiger partial charge >= 0.3 is 5.69 Å². The maximum atomic E-state index is 12.1. The van der Waals surface area contributed by atoms with Gasteiger partial charge in [0, 0.05) is 12.4 Å². The van der Waals surface area contributed by atoms with Crippen LogP contribution in [0.15, 0.2) is 22.0 Å². The molecule has 0 spiro atoms. The summed E-state index contributed by atoms with van der Waals surface area (Å²) in [4.78, 5) is 26.2. The van der Waals surface area contributed by atoms with Gasteiger partial charge in [-0.3, -0.25) is 14.3 Å². The molecule has 3 heterocycles. The van der Waals surface area contributed by atoms with Crippen molar-refractivity contribution in [1.29, 1.82) is 0 Å². The van der Waals surface area contributed by atoms with Crippen molar-refractivity contribution in [3.8, 4) is 0 Å². The number of rotatable bonds is 5. The second-order valence-corrected chi connectivity index (χ2v) is 5.81. The normalized spacial score (nSPS) is 26.2. The predicted octanol–water partition coefficient (Wildman–Crippen LogP) is -2.65. The lowest BCUT2D eigenvalue weighted by molar-refractivity contribution is -0.0551. The van der Waals surface area contributed by atoms with Crippen molar-refractivity contribution in [2.45, 2.75) is 44.4 Å². The van der Waals surface area contributed by atoms with Gasteiger partial charge in [-0.15, -0.1) is 5.10 Å². The van der Waals surface area contributed by atoms with Gasteiger partial charge in [0.15, 0.2) is 6.23 Å². The van der Waals surface area contributed by atoms with Crippen molar-refractivity contribution in [2.24, 2.45) is 0 Å². The Morgan fingerprint density at radius 1 is 1.28 bits per heavy atom. The van der Waals surface area contributed by atoms with Gasteiger partial charge in [-0.2, -0.15) is 0 Å². The minimum Gasteiger partial charge on any atom is -0.394 e. The largest absolute Gasteiger partial charge is 0.394 e. The van der Waals surface area contributed by atoms with E-state index in [1.165, 1.54) is 10.9 Å². The van der Waals surface area contributed by atoms with E-state index in [9.17, 15) is 19.8 Å². The van der Waals surface area contributed by atoms with Crippen molar-refractivity contribution >= 4 is 0 Å². The second kappa shape index (κ2) is 6.88. The van der Waals surface area contributed by atoms with Gasteiger partial charge < -0.3 is 20.1 Å². The van der Waals surface area contributed by atoms with Crippen molar-refractivity contribution in [3.05, 3.63) is 44.5 Å². The molecule has 0 amide bonds. The van der Waals surface area contributed by atoms with E-state index in [1.54, 1.807) is 6.20 Å². The second-order valence-electron chi connectivity index (χ2n) is 5.81. The van der Waals surface area contributed by atoms with Gasteiger partial charge in [0.25, 0.3) is 5.56 Å². The molecule has 11 heteroatoms. The number of aliphatic hydroxyl groups is 3. The van der Waals surface area contributed by atoms with Crippen molar-refractivity contribution in [3.63, 3.8) is 0 Å². The van der Waals surface area contributed by atoms with Crippen molar-refractivity contribution in [1.82, 2.24) is 24.5 Å². The van der Waals surface area contributed by atoms with Crippen LogP contribution < -0.4 is 11.2 Å². The van der Waals surface area contributed by atoms with E-state index in [0.29, 0.717) is 6.42 Å². The van der Waals surface area contributed by atoms with Gasteiger partial charge in [-0.25, -0.2) is 9.48 Å². The van der Waals surface area contributed by atoms with E-state index >= 15 is 0 Å². The Hall–Kier alpha value is -2.34. The highest BCUT2D eigenvalue weighted by Gasteiger charge is 2.43. The van der Waals surface area contributed by atoms with Crippen LogP contribution in [0.2, 0.25) is 0 Å². The molecule has 11 nitrogen and oxygen atoms in total. The monoisotopic (exact) mass is 353 g/mol. The van der Waals surface area contributed by atoms with Crippen LogP contribution in [0.1, 0.15) is 24.4 Å². The summed E-state index contributed by atoms with van der Waals surface area (Å²) in [5, 5.41) is 36.9. The molecule has 136 valence electrons. The molecule has 0 aromatic carbocycles. The van der Waals surface area contributed by atoms with Crippen molar-refractivity contribution < 1.29 is 20.1 Å². The van der Waals surface area contributed by atoms with Crippen molar-refractivity contribution in [2.75, 3.05) is 6.61 Å². The summed E-state index contributed by atoms with van der Waals surface area (Å²) >= 11 is 0. The molecule has 2 aromatic heterocycles. The summed E-state index contributed by atoms with van der Waals surface area (Å²) in [6.07, 6.45) is -1.40. The number of nitrogens with zero attached hydrogens (tertiary/aromatic N) is 4. The molecule has 0 aliphatic carbocycles. The van der Waals surface area contributed by atoms with E-state index in [4.69, 9.17) is 9.84 Å². The minimum atomic E-state index is -1.42. The lowest BCUT2D eigenvalue weighted by Gasteiger charge is -2.17. The highest BCUT2D eigenvalue weighted by molar-refractivity contribution is 5.07. The maximum Gasteiger partial charge on any atom is 0.330 e. The van der Waals surface area contributed by atoms with Crippen LogP contribution in [0.25, 0.3) is 0 Å². The molecule has 0 saturated carbocycles. The number of aromatic nitrogens is 5. The average Bonchev–Trinajstić information content (AvgIpc) is 3.16. The zero-order chi connectivity index (χ0) is 18.1. The molecule has 4 N–H and O–H groups in total. The van der Waals surface area contributed by atoms with E-state index in [2.05, 4.69) is 15.3 Å². The van der Waals surface area contributed by atoms with Crippen LogP contribution in [0.5, 0.6) is 0 Å². The fraction of sp³-hybridized carbons (Fsp3) is 0.571. The summed E-state index contributed by atoms with van der Waals surface area (Å²) in [6.45, 7) is 1.47. The molecule has 1 aliphatic rings. The quantitative estimate of drug-likeness (QED) is 0.454. The molecule has 1 fully saturated rings. The van der Waals surface area contributed by atoms with E-state index < -0.39 is 42.4 Å². The highest BCUT2D eigenvalue weighted by Crippen LogP contribution is 2.27. The Balaban J connectivity index is 1.93. The lowest BCUT2D eigenvalue weighted by atomic mass is 10.1. The standard InChI is InChI=1S/C14H19N5O6/c1-2-8-5-18(17-16-8)3-7-4-19(14(24)15-12(7)23)13-11(22)10(21)9(6-20)25-13/h4-5,9-11,13,20-22H,2-3,6H2,1H3,(H,15,23,24)/t9-,10?,11+,13-/m1/s1. The first-order chi connectivity index (χ1) is 11.9. The Morgan fingerprint density at radius 3 is 2.64 bits per heavy atom. The fourth-order valence-electron chi connectivity index (χ4n) is 2.69. The van der Waals surface area contributed by atoms with Gasteiger partial charge in [-0.05, 0) is 6.42 Å². The minimum absolute atomic E-state index is 0.0669. The topological polar surface area (TPSA) is 155 Å². The first kappa shape index (κ1) is 17.5. The lowest BCUT2D eigenvalue weighted by Crippen LogP contribution is -2.39. The molecule has 4 atom stereocenters. The number of nitrogens with one attached hydrogen (secondary N) is 1. The Bertz CT molecular complexity index is 858. The Morgan fingerprint density at radius 2 is 2.04 bits per heavy atom. The zero-order valence-corrected chi connectivity index (χ0v) is 13.4. The third-order valence-electron chi connectivity index (χ3n) is 4.11. The number of aryl methyl sites for hydroxylation is 1. The smallest absolute Gasteiger partial charge is 0.330 e. The van der Waals surface area contributed by atoms with Gasteiger partial charge in [0.2, 0.25) is 0 Å². The van der Waals surface area contributed by atoms with Crippen LogP contribution >= 0.6 is 0 Å². The molecule has 1 aliphatic heterocycles. The first-order valence-corrected chi connectivity index (χ1v) is 7.80. The fourth-order valence-corrected chi connectivity index (χ4v) is 2.69. The Kier molecular flexibility index (Phi) is 4.81. The van der Waals surface area contributed by atoms with Crippen LogP contribution in [0.3, 0.4) is 0 Å². The summed E-state index contributed by atoms with van der Waals surface area (Å²) in [5.41, 5.74) is -0.434. The molecule has 3 rings (SSSR count). The predicted molar refractivity (Wildman–Crippen MR) is 82.8 cm³/mol. The summed E-state index contributed by atoms with van der Waals surface area (Å²) in [6, 6.07) is 0. The summed E-state index contributed by atoms with van der Waals surface area (Å²) in [5.74, 6) is 0. The van der Waals surface area contributed by atoms with Gasteiger partial charge in [0.05, 0.1) is 24.4 Å². The van der Waals surface area contributed by atoms with Gasteiger partial charge in [-0.1, -0.05) is 12.1 Å². The third-order valence-corrected chi connectivity index (χ3v) is 4.11. The molecular weight excluding hydrogens is 334 g/mol. The third kappa shape index (κ3) is 3.26. The van der Waals surface area contributed by atoms with Crippen LogP contribution in [0, 0.1) is 0 Å².